The van der Waals surface area contributed by atoms with E-state index in [9.17, 15) is 9.18 Å². The summed E-state index contributed by atoms with van der Waals surface area (Å²) in [5.41, 5.74) is 6.35. The van der Waals surface area contributed by atoms with Gasteiger partial charge in [0.15, 0.2) is 6.61 Å². The molecule has 1 aromatic heterocycles. The Bertz CT molecular complexity index is 686. The van der Waals surface area contributed by atoms with Crippen LogP contribution in [0.25, 0.3) is 0 Å². The molecule has 0 aliphatic heterocycles. The van der Waals surface area contributed by atoms with E-state index >= 15 is 0 Å². The van der Waals surface area contributed by atoms with Gasteiger partial charge in [-0.25, -0.2) is 0 Å². The van der Waals surface area contributed by atoms with Crippen LogP contribution in [0.3, 0.4) is 0 Å². The third kappa shape index (κ3) is 4.25. The summed E-state index contributed by atoms with van der Waals surface area (Å²) in [5.74, 6) is -0.737. The van der Waals surface area contributed by atoms with Gasteiger partial charge in [-0.2, -0.15) is 9.37 Å². The van der Waals surface area contributed by atoms with E-state index in [0.717, 1.165) is 17.3 Å². The highest BCUT2D eigenvalue weighted by Gasteiger charge is 2.17. The first-order valence-corrected chi connectivity index (χ1v) is 7.85. The molecular weight excluding hydrogens is 350 g/mol. The molecule has 0 radical (unpaired) electrons. The average Bonchev–Trinajstić information content (AvgIpc) is 2.54. The minimum atomic E-state index is -0.997. The lowest BCUT2D eigenvalue weighted by atomic mass is 10.2. The summed E-state index contributed by atoms with van der Waals surface area (Å²) in [7, 11) is 0. The Kier molecular flexibility index (Phi) is 5.88. The molecule has 2 N–H and O–H groups in total. The highest BCUT2D eigenvalue weighted by atomic mass is 35.5. The second kappa shape index (κ2) is 7.67. The van der Waals surface area contributed by atoms with Crippen molar-refractivity contribution in [3.63, 3.8) is 0 Å². The van der Waals surface area contributed by atoms with Gasteiger partial charge >= 0.3 is 0 Å². The number of pyridine rings is 1. The molecule has 0 saturated heterocycles. The average molecular weight is 361 g/mol. The molecule has 22 heavy (non-hydrogen) atoms. The lowest BCUT2D eigenvalue weighted by Crippen LogP contribution is -2.10. The van der Waals surface area contributed by atoms with E-state index in [-0.39, 0.29) is 33.3 Å². The normalized spacial score (nSPS) is 10.5. The molecule has 1 aromatic carbocycles. The van der Waals surface area contributed by atoms with Crippen LogP contribution < -0.4 is 10.5 Å². The second-order valence-electron chi connectivity index (χ2n) is 4.18. The van der Waals surface area contributed by atoms with Gasteiger partial charge in [0.1, 0.15) is 10.0 Å². The van der Waals surface area contributed by atoms with Crippen molar-refractivity contribution in [3.05, 3.63) is 51.9 Å². The molecule has 0 fully saturated rings. The van der Waals surface area contributed by atoms with Gasteiger partial charge in [-0.15, -0.1) is 0 Å². The summed E-state index contributed by atoms with van der Waals surface area (Å²) in [6, 6.07) is 9.50. The van der Waals surface area contributed by atoms with Crippen molar-refractivity contribution in [1.29, 1.82) is 0 Å². The molecule has 4 nitrogen and oxygen atoms in total. The van der Waals surface area contributed by atoms with E-state index < -0.39 is 5.95 Å². The molecule has 8 heteroatoms. The lowest BCUT2D eigenvalue weighted by Gasteiger charge is -2.09. The standard InChI is InChI=1S/C14H11Cl2FN2O2S/c15-10-12(18)11(16)14(19-13(10)17)21-6-9(20)22-7-8-4-2-1-3-5-8/h1-5H,6-7H2,(H2,18,19). The van der Waals surface area contributed by atoms with Crippen molar-refractivity contribution >= 4 is 45.8 Å². The first-order chi connectivity index (χ1) is 10.5. The molecule has 0 amide bonds. The second-order valence-corrected chi connectivity index (χ2v) is 5.97. The Morgan fingerprint density at radius 1 is 1.27 bits per heavy atom. The molecule has 2 rings (SSSR count). The molecule has 2 aromatic rings. The number of hydrogen-bond donors (Lipinski definition) is 1. The third-order valence-electron chi connectivity index (χ3n) is 2.61. The molecule has 1 heterocycles. The monoisotopic (exact) mass is 360 g/mol. The van der Waals surface area contributed by atoms with Gasteiger partial charge in [-0.1, -0.05) is 65.3 Å². The van der Waals surface area contributed by atoms with Gasteiger partial charge in [0, 0.05) is 5.75 Å². The zero-order chi connectivity index (χ0) is 16.1. The smallest absolute Gasteiger partial charge is 0.238 e. The number of carbonyl (C=O) groups excluding carboxylic acids is 1. The van der Waals surface area contributed by atoms with Gasteiger partial charge in [-0.05, 0) is 5.56 Å². The number of anilines is 1. The van der Waals surface area contributed by atoms with Crippen LogP contribution in [0, 0.1) is 5.95 Å². The Balaban J connectivity index is 1.92. The predicted molar refractivity (Wildman–Crippen MR) is 86.9 cm³/mol. The third-order valence-corrected chi connectivity index (χ3v) is 4.25. The maximum Gasteiger partial charge on any atom is 0.238 e. The van der Waals surface area contributed by atoms with Crippen molar-refractivity contribution in [1.82, 2.24) is 4.98 Å². The highest BCUT2D eigenvalue weighted by Crippen LogP contribution is 2.35. The van der Waals surface area contributed by atoms with Crippen LogP contribution in [0.5, 0.6) is 5.88 Å². The number of benzene rings is 1. The number of rotatable bonds is 5. The molecule has 0 bridgehead atoms. The maximum absolute atomic E-state index is 13.4. The number of aromatic nitrogens is 1. The van der Waals surface area contributed by atoms with Gasteiger partial charge < -0.3 is 10.5 Å². The number of hydrogen-bond acceptors (Lipinski definition) is 5. The van der Waals surface area contributed by atoms with E-state index in [1.54, 1.807) is 0 Å². The minimum Gasteiger partial charge on any atom is -0.467 e. The summed E-state index contributed by atoms with van der Waals surface area (Å²) in [5, 5.41) is -0.731. The summed E-state index contributed by atoms with van der Waals surface area (Å²) >= 11 is 12.5. The van der Waals surface area contributed by atoms with E-state index in [1.807, 2.05) is 30.3 Å². The first-order valence-electron chi connectivity index (χ1n) is 6.11. The number of carbonyl (C=O) groups is 1. The Hall–Kier alpha value is -1.50. The minimum absolute atomic E-state index is 0.118. The predicted octanol–water partition coefficient (Wildman–Crippen LogP) is 3.95. The van der Waals surface area contributed by atoms with E-state index in [2.05, 4.69) is 4.98 Å². The number of nitrogen functional groups attached to an aromatic ring is 1. The number of nitrogens with two attached hydrogens (primary N) is 1. The highest BCUT2D eigenvalue weighted by molar-refractivity contribution is 8.13. The molecule has 116 valence electrons. The first kappa shape index (κ1) is 16.9. The maximum atomic E-state index is 13.4. The summed E-state index contributed by atoms with van der Waals surface area (Å²) in [6.07, 6.45) is 0. The lowest BCUT2D eigenvalue weighted by molar-refractivity contribution is -0.112. The van der Waals surface area contributed by atoms with Crippen LogP contribution in [0.4, 0.5) is 10.1 Å². The van der Waals surface area contributed by atoms with Crippen molar-refractivity contribution in [3.8, 4) is 5.88 Å². The molecule has 0 unspecified atom stereocenters. The SMILES string of the molecule is Nc1c(Cl)c(F)nc(OCC(=O)SCc2ccccc2)c1Cl. The largest absolute Gasteiger partial charge is 0.467 e. The molecular formula is C14H11Cl2FN2O2S. The van der Waals surface area contributed by atoms with Gasteiger partial charge in [-0.3, -0.25) is 4.79 Å². The Morgan fingerprint density at radius 2 is 1.95 bits per heavy atom. The van der Waals surface area contributed by atoms with Gasteiger partial charge in [0.05, 0.1) is 5.69 Å². The fraction of sp³-hybridized carbons (Fsp3) is 0.143. The zero-order valence-electron chi connectivity index (χ0n) is 11.2. The topological polar surface area (TPSA) is 65.2 Å². The molecule has 0 saturated carbocycles. The molecule has 0 aliphatic carbocycles. The number of nitrogens with zero attached hydrogens (tertiary/aromatic N) is 1. The van der Waals surface area contributed by atoms with Gasteiger partial charge in [0.2, 0.25) is 16.9 Å². The van der Waals surface area contributed by atoms with Crippen LogP contribution >= 0.6 is 35.0 Å². The van der Waals surface area contributed by atoms with Crippen molar-refractivity contribution in [2.75, 3.05) is 12.3 Å². The van der Waals surface area contributed by atoms with E-state index in [1.165, 1.54) is 0 Å². The van der Waals surface area contributed by atoms with E-state index in [4.69, 9.17) is 33.7 Å². The van der Waals surface area contributed by atoms with E-state index in [0.29, 0.717) is 5.75 Å². The fourth-order valence-electron chi connectivity index (χ4n) is 1.51. The molecule has 0 atom stereocenters. The Labute approximate surface area is 140 Å². The van der Waals surface area contributed by atoms with Crippen LogP contribution in [0.1, 0.15) is 5.56 Å². The molecule has 0 spiro atoms. The summed E-state index contributed by atoms with van der Waals surface area (Å²) < 4.78 is 18.5. The summed E-state index contributed by atoms with van der Waals surface area (Å²) in [6.45, 7) is -0.301. The quantitative estimate of drug-likeness (QED) is 0.817. The van der Waals surface area contributed by atoms with Crippen molar-refractivity contribution in [2.24, 2.45) is 0 Å². The van der Waals surface area contributed by atoms with Crippen molar-refractivity contribution in [2.45, 2.75) is 5.75 Å². The van der Waals surface area contributed by atoms with Crippen LogP contribution in [0.2, 0.25) is 10.0 Å². The number of thioether (sulfide) groups is 1. The molecule has 0 aliphatic rings. The van der Waals surface area contributed by atoms with Crippen LogP contribution in [0.15, 0.2) is 30.3 Å². The number of halogens is 3. The van der Waals surface area contributed by atoms with Crippen LogP contribution in [-0.2, 0) is 10.5 Å². The fourth-order valence-corrected chi connectivity index (χ4v) is 2.55. The van der Waals surface area contributed by atoms with Crippen molar-refractivity contribution < 1.29 is 13.9 Å². The van der Waals surface area contributed by atoms with Crippen LogP contribution in [-0.4, -0.2) is 16.7 Å². The summed E-state index contributed by atoms with van der Waals surface area (Å²) in [4.78, 5) is 15.2. The zero-order valence-corrected chi connectivity index (χ0v) is 13.5. The van der Waals surface area contributed by atoms with Gasteiger partial charge in [0.25, 0.3) is 0 Å². The Morgan fingerprint density at radius 3 is 2.64 bits per heavy atom. The number of ether oxygens (including phenoxy) is 1.